The molecule has 1 aromatic heterocycles. The van der Waals surface area contributed by atoms with Crippen LogP contribution in [0.5, 0.6) is 5.75 Å². The molecule has 0 unspecified atom stereocenters. The zero-order valence-electron chi connectivity index (χ0n) is 25.5. The van der Waals surface area contributed by atoms with Crippen molar-refractivity contribution in [3.05, 3.63) is 65.9 Å². The first-order valence-electron chi connectivity index (χ1n) is 14.6. The van der Waals surface area contributed by atoms with Crippen LogP contribution in [0.3, 0.4) is 0 Å². The number of fused-ring (bicyclic) bond motifs is 1. The zero-order chi connectivity index (χ0) is 34.5. The Labute approximate surface area is 274 Å². The van der Waals surface area contributed by atoms with E-state index in [1.807, 2.05) is 24.3 Å². The van der Waals surface area contributed by atoms with Crippen molar-refractivity contribution in [2.45, 2.75) is 49.9 Å². The fourth-order valence-electron chi connectivity index (χ4n) is 4.67. The lowest BCUT2D eigenvalue weighted by molar-refractivity contribution is -0.141. The van der Waals surface area contributed by atoms with Crippen LogP contribution in [0.15, 0.2) is 54.7 Å². The molecule has 16 heteroatoms. The number of H-pyrrole nitrogens is 1. The Hall–Kier alpha value is -5.09. The predicted octanol–water partition coefficient (Wildman–Crippen LogP) is -0.131. The molecule has 3 aromatic rings. The van der Waals surface area contributed by atoms with Crippen LogP contribution in [-0.2, 0) is 41.6 Å². The lowest BCUT2D eigenvalue weighted by atomic mass is 10.0. The van der Waals surface area contributed by atoms with Crippen LogP contribution in [0.4, 0.5) is 0 Å². The number of carbonyl (C=O) groups excluding carboxylic acids is 4. The third-order valence-electron chi connectivity index (χ3n) is 7.14. The van der Waals surface area contributed by atoms with Crippen molar-refractivity contribution >= 4 is 58.2 Å². The fourth-order valence-corrected chi connectivity index (χ4v) is 5.14. The Kier molecular flexibility index (Phi) is 13.6. The minimum Gasteiger partial charge on any atom is -0.508 e. The van der Waals surface area contributed by atoms with E-state index in [0.29, 0.717) is 16.9 Å². The van der Waals surface area contributed by atoms with Crippen LogP contribution >= 0.6 is 11.8 Å². The third kappa shape index (κ3) is 11.3. The number of para-hydroxylation sites is 1. The molecular weight excluding hydrogens is 632 g/mol. The van der Waals surface area contributed by atoms with Crippen molar-refractivity contribution in [3.8, 4) is 5.75 Å². The highest BCUT2D eigenvalue weighted by Gasteiger charge is 2.29. The number of phenols is 1. The van der Waals surface area contributed by atoms with Gasteiger partial charge in [0.15, 0.2) is 0 Å². The van der Waals surface area contributed by atoms with Crippen molar-refractivity contribution < 1.29 is 44.1 Å². The summed E-state index contributed by atoms with van der Waals surface area (Å²) in [7, 11) is 0. The van der Waals surface area contributed by atoms with Gasteiger partial charge in [0.1, 0.15) is 23.9 Å². The maximum atomic E-state index is 13.4. The number of hydrogen-bond donors (Lipinski definition) is 9. The van der Waals surface area contributed by atoms with E-state index >= 15 is 0 Å². The summed E-state index contributed by atoms with van der Waals surface area (Å²) in [4.78, 5) is 77.9. The van der Waals surface area contributed by atoms with E-state index in [4.69, 9.17) is 10.8 Å². The maximum Gasteiger partial charge on any atom is 0.326 e. The van der Waals surface area contributed by atoms with E-state index in [-0.39, 0.29) is 25.0 Å². The van der Waals surface area contributed by atoms with Crippen molar-refractivity contribution in [3.63, 3.8) is 0 Å². The summed E-state index contributed by atoms with van der Waals surface area (Å²) in [5.41, 5.74) is 7.72. The lowest BCUT2D eigenvalue weighted by Crippen LogP contribution is -2.57. The van der Waals surface area contributed by atoms with E-state index in [1.165, 1.54) is 36.0 Å². The normalized spacial score (nSPS) is 13.5. The van der Waals surface area contributed by atoms with Crippen LogP contribution < -0.4 is 27.0 Å². The molecule has 0 aliphatic carbocycles. The van der Waals surface area contributed by atoms with Gasteiger partial charge >= 0.3 is 11.9 Å². The molecule has 1 heterocycles. The number of benzene rings is 2. The number of aromatic hydroxyl groups is 1. The monoisotopic (exact) mass is 670 g/mol. The van der Waals surface area contributed by atoms with Crippen molar-refractivity contribution in [2.24, 2.45) is 5.73 Å². The molecule has 3 rings (SSSR count). The SMILES string of the molecule is CSCC[C@H](NC(=O)[C@H](Cc1ccc(O)cc1)NC(=O)[C@@H](N)CC(=O)O)C(=O)NCC(=O)N[C@@H](Cc1c[nH]c2ccccc12)C(=O)O. The number of carboxylic acids is 2. The molecule has 0 bridgehead atoms. The Morgan fingerprint density at radius 2 is 1.53 bits per heavy atom. The second-order valence-corrected chi connectivity index (χ2v) is 11.7. The molecule has 2 aromatic carbocycles. The molecule has 15 nitrogen and oxygen atoms in total. The molecule has 0 saturated heterocycles. The van der Waals surface area contributed by atoms with Crippen molar-refractivity contribution in [1.29, 1.82) is 0 Å². The van der Waals surface area contributed by atoms with Crippen LogP contribution in [0.2, 0.25) is 0 Å². The quantitative estimate of drug-likeness (QED) is 0.0862. The number of nitrogens with one attached hydrogen (secondary N) is 5. The summed E-state index contributed by atoms with van der Waals surface area (Å²) in [5.74, 6) is -5.29. The largest absolute Gasteiger partial charge is 0.508 e. The van der Waals surface area contributed by atoms with Gasteiger partial charge in [-0.3, -0.25) is 24.0 Å². The second-order valence-electron chi connectivity index (χ2n) is 10.7. The van der Waals surface area contributed by atoms with Crippen molar-refractivity contribution in [2.75, 3.05) is 18.6 Å². The number of amides is 4. The number of carbonyl (C=O) groups is 6. The molecule has 0 fully saturated rings. The van der Waals surface area contributed by atoms with Crippen LogP contribution in [0, 0.1) is 0 Å². The minimum absolute atomic E-state index is 0.00427. The number of aromatic amines is 1. The third-order valence-corrected chi connectivity index (χ3v) is 7.78. The molecule has 47 heavy (non-hydrogen) atoms. The summed E-state index contributed by atoms with van der Waals surface area (Å²) in [5, 5.41) is 39.0. The molecule has 0 radical (unpaired) electrons. The summed E-state index contributed by atoms with van der Waals surface area (Å²) in [6.45, 7) is -0.570. The summed E-state index contributed by atoms with van der Waals surface area (Å²) in [6.07, 6.45) is 2.85. The van der Waals surface area contributed by atoms with Gasteiger partial charge in [-0.05, 0) is 47.8 Å². The molecule has 0 saturated carbocycles. The van der Waals surface area contributed by atoms with Crippen LogP contribution in [-0.4, -0.2) is 98.6 Å². The average Bonchev–Trinajstić information content (AvgIpc) is 3.44. The van der Waals surface area contributed by atoms with Gasteiger partial charge in [-0.15, -0.1) is 0 Å². The van der Waals surface area contributed by atoms with Gasteiger partial charge in [0.05, 0.1) is 19.0 Å². The van der Waals surface area contributed by atoms with E-state index in [2.05, 4.69) is 26.3 Å². The van der Waals surface area contributed by atoms with Gasteiger partial charge in [0.25, 0.3) is 0 Å². The minimum atomic E-state index is -1.44. The number of aromatic nitrogens is 1. The van der Waals surface area contributed by atoms with Gasteiger partial charge in [-0.25, -0.2) is 4.79 Å². The molecule has 0 aliphatic rings. The summed E-state index contributed by atoms with van der Waals surface area (Å²) < 4.78 is 0. The summed E-state index contributed by atoms with van der Waals surface area (Å²) >= 11 is 1.40. The fraction of sp³-hybridized carbons (Fsp3) is 0.355. The predicted molar refractivity (Wildman–Crippen MR) is 173 cm³/mol. The Morgan fingerprint density at radius 3 is 2.19 bits per heavy atom. The maximum absolute atomic E-state index is 13.4. The lowest BCUT2D eigenvalue weighted by Gasteiger charge is -2.24. The summed E-state index contributed by atoms with van der Waals surface area (Å²) in [6, 6.07) is 8.00. The Morgan fingerprint density at radius 1 is 0.851 bits per heavy atom. The zero-order valence-corrected chi connectivity index (χ0v) is 26.3. The highest BCUT2D eigenvalue weighted by Crippen LogP contribution is 2.19. The first-order chi connectivity index (χ1) is 22.4. The Bertz CT molecular complexity index is 1580. The van der Waals surface area contributed by atoms with Gasteiger partial charge in [-0.1, -0.05) is 30.3 Å². The molecule has 4 amide bonds. The molecule has 10 N–H and O–H groups in total. The number of thioether (sulfide) groups is 1. The van der Waals surface area contributed by atoms with E-state index in [0.717, 1.165) is 10.9 Å². The first kappa shape index (κ1) is 36.4. The standard InChI is InChI=1S/C31H38N6O9S/c1-47-11-10-23(36-30(44)24(12-17-6-8-19(38)9-7-17)37-28(42)21(32)14-27(40)41)29(43)34-16-26(39)35-25(31(45)46)13-18-15-33-22-5-3-2-4-20(18)22/h2-9,15,21,23-25,33,38H,10-14,16,32H2,1H3,(H,34,43)(H,35,39)(H,36,44)(H,37,42)(H,40,41)(H,45,46)/t21-,23-,24-,25-/m0/s1. The van der Waals surface area contributed by atoms with Crippen molar-refractivity contribution in [1.82, 2.24) is 26.3 Å². The van der Waals surface area contributed by atoms with Crippen LogP contribution in [0.1, 0.15) is 24.0 Å². The number of nitrogens with two attached hydrogens (primary N) is 1. The second kappa shape index (κ2) is 17.6. The van der Waals surface area contributed by atoms with Gasteiger partial charge in [-0.2, -0.15) is 11.8 Å². The molecule has 0 spiro atoms. The number of hydrogen-bond acceptors (Lipinski definition) is 9. The number of rotatable bonds is 18. The average molecular weight is 671 g/mol. The molecule has 252 valence electrons. The molecular formula is C31H38N6O9S. The highest BCUT2D eigenvalue weighted by molar-refractivity contribution is 7.98. The molecule has 0 aliphatic heterocycles. The van der Waals surface area contributed by atoms with Gasteiger partial charge in [0, 0.05) is 29.9 Å². The first-order valence-corrected chi connectivity index (χ1v) is 16.0. The number of phenolic OH excluding ortho intramolecular Hbond substituents is 1. The number of aliphatic carboxylic acids is 2. The highest BCUT2D eigenvalue weighted by atomic mass is 32.2. The van der Waals surface area contributed by atoms with E-state index in [9.17, 15) is 39.0 Å². The van der Waals surface area contributed by atoms with Gasteiger partial charge in [0.2, 0.25) is 23.6 Å². The smallest absolute Gasteiger partial charge is 0.326 e. The van der Waals surface area contributed by atoms with E-state index in [1.54, 1.807) is 12.5 Å². The Balaban J connectivity index is 1.66. The van der Waals surface area contributed by atoms with E-state index < -0.39 is 72.7 Å². The molecule has 4 atom stereocenters. The van der Waals surface area contributed by atoms with Gasteiger partial charge < -0.3 is 47.3 Å². The number of carboxylic acid groups (broad SMARTS) is 2. The topological polar surface area (TPSA) is 253 Å². The van der Waals surface area contributed by atoms with Crippen LogP contribution in [0.25, 0.3) is 10.9 Å².